The fourth-order valence-corrected chi connectivity index (χ4v) is 2.23. The topological polar surface area (TPSA) is 71.1 Å². The van der Waals surface area contributed by atoms with Crippen LogP contribution in [0.25, 0.3) is 0 Å². The summed E-state index contributed by atoms with van der Waals surface area (Å²) >= 11 is 3.37. The Morgan fingerprint density at radius 1 is 1.09 bits per heavy atom. The van der Waals surface area contributed by atoms with Gasteiger partial charge in [0.2, 0.25) is 11.8 Å². The van der Waals surface area contributed by atoms with Crippen LogP contribution in [0, 0.1) is 5.41 Å². The zero-order valence-corrected chi connectivity index (χ0v) is 14.6. The highest BCUT2D eigenvalue weighted by atomic mass is 79.9. The highest BCUT2D eigenvalue weighted by Crippen LogP contribution is 2.24. The molecule has 0 aliphatic rings. The van der Waals surface area contributed by atoms with Crippen LogP contribution in [0.5, 0.6) is 0 Å². The van der Waals surface area contributed by atoms with Gasteiger partial charge < -0.3 is 10.6 Å². The van der Waals surface area contributed by atoms with Crippen molar-refractivity contribution in [2.75, 3.05) is 5.32 Å². The van der Waals surface area contributed by atoms with Gasteiger partial charge in [-0.3, -0.25) is 14.6 Å². The number of rotatable bonds is 5. The van der Waals surface area contributed by atoms with Crippen LogP contribution < -0.4 is 10.6 Å². The zero-order valence-electron chi connectivity index (χ0n) is 13.0. The van der Waals surface area contributed by atoms with Crippen molar-refractivity contribution in [3.05, 3.63) is 58.8 Å². The number of aromatic nitrogens is 1. The third kappa shape index (κ3) is 4.39. The SMILES string of the molecule is CC(C)(C(=O)NCc1ccncc1)C(=O)Nc1ccccc1Br. The number of hydrogen-bond donors (Lipinski definition) is 2. The first-order valence-electron chi connectivity index (χ1n) is 7.14. The number of para-hydroxylation sites is 1. The van der Waals surface area contributed by atoms with Gasteiger partial charge in [0, 0.05) is 23.4 Å². The summed E-state index contributed by atoms with van der Waals surface area (Å²) in [5.41, 5.74) is 0.366. The smallest absolute Gasteiger partial charge is 0.239 e. The second-order valence-electron chi connectivity index (χ2n) is 5.60. The molecule has 0 fully saturated rings. The number of nitrogens with one attached hydrogen (secondary N) is 2. The first-order valence-corrected chi connectivity index (χ1v) is 7.94. The van der Waals surface area contributed by atoms with Gasteiger partial charge >= 0.3 is 0 Å². The van der Waals surface area contributed by atoms with Crippen LogP contribution >= 0.6 is 15.9 Å². The van der Waals surface area contributed by atoms with Crippen LogP contribution in [0.15, 0.2) is 53.3 Å². The van der Waals surface area contributed by atoms with Crippen molar-refractivity contribution in [1.29, 1.82) is 0 Å². The minimum atomic E-state index is -1.19. The predicted octanol–water partition coefficient (Wildman–Crippen LogP) is 3.13. The van der Waals surface area contributed by atoms with E-state index in [-0.39, 0.29) is 11.8 Å². The molecule has 0 aliphatic carbocycles. The molecule has 6 heteroatoms. The molecule has 0 atom stereocenters. The van der Waals surface area contributed by atoms with Crippen molar-refractivity contribution in [2.45, 2.75) is 20.4 Å². The molecule has 1 aromatic heterocycles. The Labute approximate surface area is 143 Å². The molecule has 2 aromatic rings. The molecular formula is C17H18BrN3O2. The molecule has 1 heterocycles. The summed E-state index contributed by atoms with van der Waals surface area (Å²) in [7, 11) is 0. The van der Waals surface area contributed by atoms with Crippen molar-refractivity contribution < 1.29 is 9.59 Å². The van der Waals surface area contributed by atoms with Crippen molar-refractivity contribution in [3.63, 3.8) is 0 Å². The summed E-state index contributed by atoms with van der Waals surface area (Å²) < 4.78 is 0.765. The Hall–Kier alpha value is -2.21. The standard InChI is InChI=1S/C17H18BrN3O2/c1-17(2,15(22)20-11-12-7-9-19-10-8-12)16(23)21-14-6-4-3-5-13(14)18/h3-10H,11H2,1-2H3,(H,20,22)(H,21,23). The summed E-state index contributed by atoms with van der Waals surface area (Å²) in [4.78, 5) is 28.7. The molecule has 120 valence electrons. The van der Waals surface area contributed by atoms with E-state index in [2.05, 4.69) is 31.5 Å². The van der Waals surface area contributed by atoms with Crippen molar-refractivity contribution in [1.82, 2.24) is 10.3 Å². The Kier molecular flexibility index (Phi) is 5.50. The summed E-state index contributed by atoms with van der Waals surface area (Å²) in [6, 6.07) is 10.9. The molecule has 0 spiro atoms. The molecule has 0 aliphatic heterocycles. The lowest BCUT2D eigenvalue weighted by Crippen LogP contribution is -2.44. The van der Waals surface area contributed by atoms with Crippen LogP contribution in [0.2, 0.25) is 0 Å². The molecule has 2 N–H and O–H groups in total. The number of nitrogens with zero attached hydrogens (tertiary/aromatic N) is 1. The number of carbonyl (C=O) groups excluding carboxylic acids is 2. The van der Waals surface area contributed by atoms with Gasteiger partial charge in [-0.05, 0) is 59.6 Å². The van der Waals surface area contributed by atoms with E-state index in [1.165, 1.54) is 0 Å². The first-order chi connectivity index (χ1) is 10.9. The molecule has 23 heavy (non-hydrogen) atoms. The van der Waals surface area contributed by atoms with Crippen molar-refractivity contribution in [2.24, 2.45) is 5.41 Å². The van der Waals surface area contributed by atoms with E-state index < -0.39 is 5.41 Å². The van der Waals surface area contributed by atoms with Gasteiger partial charge in [0.25, 0.3) is 0 Å². The van der Waals surface area contributed by atoms with Crippen LogP contribution in [-0.4, -0.2) is 16.8 Å². The average molecular weight is 376 g/mol. The summed E-state index contributed by atoms with van der Waals surface area (Å²) in [6.45, 7) is 3.55. The highest BCUT2D eigenvalue weighted by molar-refractivity contribution is 9.10. The highest BCUT2D eigenvalue weighted by Gasteiger charge is 2.36. The number of pyridine rings is 1. The lowest BCUT2D eigenvalue weighted by Gasteiger charge is -2.23. The lowest BCUT2D eigenvalue weighted by atomic mass is 9.91. The van der Waals surface area contributed by atoms with Gasteiger partial charge in [0.1, 0.15) is 5.41 Å². The first kappa shape index (κ1) is 17.1. The molecule has 2 amide bonds. The maximum absolute atomic E-state index is 12.4. The quantitative estimate of drug-likeness (QED) is 0.788. The summed E-state index contributed by atoms with van der Waals surface area (Å²) in [5.74, 6) is -0.699. The van der Waals surface area contributed by atoms with Gasteiger partial charge in [-0.1, -0.05) is 12.1 Å². The molecule has 0 saturated carbocycles. The third-order valence-electron chi connectivity index (χ3n) is 3.46. The van der Waals surface area contributed by atoms with Crippen LogP contribution in [0.3, 0.4) is 0 Å². The molecule has 0 saturated heterocycles. The average Bonchev–Trinajstić information content (AvgIpc) is 2.55. The van der Waals surface area contributed by atoms with Gasteiger partial charge in [-0.2, -0.15) is 0 Å². The third-order valence-corrected chi connectivity index (χ3v) is 4.15. The maximum atomic E-state index is 12.4. The van der Waals surface area contributed by atoms with E-state index in [0.29, 0.717) is 12.2 Å². The van der Waals surface area contributed by atoms with E-state index in [1.807, 2.05) is 30.3 Å². The van der Waals surface area contributed by atoms with Gasteiger partial charge in [-0.15, -0.1) is 0 Å². The zero-order chi connectivity index (χ0) is 16.9. The van der Waals surface area contributed by atoms with Gasteiger partial charge in [0.05, 0.1) is 5.69 Å². The molecule has 0 unspecified atom stereocenters. The van der Waals surface area contributed by atoms with E-state index in [9.17, 15) is 9.59 Å². The molecule has 2 rings (SSSR count). The molecule has 1 aromatic carbocycles. The number of hydrogen-bond acceptors (Lipinski definition) is 3. The summed E-state index contributed by atoms with van der Waals surface area (Å²) in [5, 5.41) is 5.55. The number of carbonyl (C=O) groups is 2. The maximum Gasteiger partial charge on any atom is 0.239 e. The normalized spacial score (nSPS) is 10.9. The fraction of sp³-hybridized carbons (Fsp3) is 0.235. The van der Waals surface area contributed by atoms with E-state index in [1.54, 1.807) is 32.3 Å². The Morgan fingerprint density at radius 2 is 1.74 bits per heavy atom. The van der Waals surface area contributed by atoms with Gasteiger partial charge in [0.15, 0.2) is 0 Å². The largest absolute Gasteiger partial charge is 0.351 e. The number of halogens is 1. The molecule has 5 nitrogen and oxygen atoms in total. The second-order valence-corrected chi connectivity index (χ2v) is 6.45. The van der Waals surface area contributed by atoms with E-state index in [4.69, 9.17) is 0 Å². The fourth-order valence-electron chi connectivity index (χ4n) is 1.85. The molecule has 0 radical (unpaired) electrons. The van der Waals surface area contributed by atoms with Gasteiger partial charge in [-0.25, -0.2) is 0 Å². The minimum Gasteiger partial charge on any atom is -0.351 e. The predicted molar refractivity (Wildman–Crippen MR) is 92.6 cm³/mol. The van der Waals surface area contributed by atoms with E-state index >= 15 is 0 Å². The number of anilines is 1. The van der Waals surface area contributed by atoms with Crippen molar-refractivity contribution >= 4 is 33.4 Å². The Balaban J connectivity index is 2.00. The Morgan fingerprint density at radius 3 is 2.39 bits per heavy atom. The van der Waals surface area contributed by atoms with Crippen molar-refractivity contribution in [3.8, 4) is 0 Å². The second kappa shape index (κ2) is 7.37. The van der Waals surface area contributed by atoms with Crippen LogP contribution in [-0.2, 0) is 16.1 Å². The lowest BCUT2D eigenvalue weighted by molar-refractivity contribution is -0.138. The molecular weight excluding hydrogens is 358 g/mol. The number of amides is 2. The monoisotopic (exact) mass is 375 g/mol. The number of benzene rings is 1. The van der Waals surface area contributed by atoms with E-state index in [0.717, 1.165) is 10.0 Å². The minimum absolute atomic E-state index is 0.334. The Bertz CT molecular complexity index is 702. The van der Waals surface area contributed by atoms with Crippen LogP contribution in [0.4, 0.5) is 5.69 Å². The summed E-state index contributed by atoms with van der Waals surface area (Å²) in [6.07, 6.45) is 3.32. The van der Waals surface area contributed by atoms with Crippen LogP contribution in [0.1, 0.15) is 19.4 Å². The molecule has 0 bridgehead atoms.